The lowest BCUT2D eigenvalue weighted by molar-refractivity contribution is -0.175. The Balaban J connectivity index is 1.03. The first-order valence-electron chi connectivity index (χ1n) is 18.2. The van der Waals surface area contributed by atoms with Gasteiger partial charge in [-0.25, -0.2) is 4.79 Å². The van der Waals surface area contributed by atoms with Gasteiger partial charge in [0, 0.05) is 24.4 Å². The van der Waals surface area contributed by atoms with Crippen LogP contribution in [-0.4, -0.2) is 59.4 Å². The summed E-state index contributed by atoms with van der Waals surface area (Å²) in [4.78, 5) is 28.0. The van der Waals surface area contributed by atoms with Gasteiger partial charge in [-0.1, -0.05) is 82.6 Å². The van der Waals surface area contributed by atoms with E-state index in [0.29, 0.717) is 25.0 Å². The van der Waals surface area contributed by atoms with E-state index in [1.54, 1.807) is 6.92 Å². The molecule has 0 unspecified atom stereocenters. The van der Waals surface area contributed by atoms with Crippen molar-refractivity contribution in [1.82, 2.24) is 4.90 Å². The number of allylic oxidation sites excluding steroid dienone is 2. The maximum absolute atomic E-state index is 13.2. The SMILES string of the molecule is CCCCCCCC/C=C\CCCCCCCC(=O)O[C@@H](C)C(=O)OC1=CC[C@@]2(O)[C@H]3Cc4ccc(C)c5c4[C@@]2(CCN3C)[C@H]1O5. The molecule has 1 spiro atoms. The third kappa shape index (κ3) is 6.96. The molecule has 1 saturated heterocycles. The van der Waals surface area contributed by atoms with Crippen molar-refractivity contribution in [1.29, 1.82) is 0 Å². The molecule has 2 bridgehead atoms. The summed E-state index contributed by atoms with van der Waals surface area (Å²) >= 11 is 0. The number of hydrogen-bond acceptors (Lipinski definition) is 7. The molecule has 5 rings (SSSR count). The number of likely N-dealkylation sites (N-methyl/N-ethyl adjacent to an activating group) is 1. The van der Waals surface area contributed by atoms with Crippen LogP contribution in [0.15, 0.2) is 36.1 Å². The van der Waals surface area contributed by atoms with Gasteiger partial charge < -0.3 is 24.2 Å². The van der Waals surface area contributed by atoms with Crippen molar-refractivity contribution in [2.24, 2.45) is 0 Å². The van der Waals surface area contributed by atoms with Crippen LogP contribution in [-0.2, 0) is 30.9 Å². The fraction of sp³-hybridized carbons (Fsp3) is 0.692. The van der Waals surface area contributed by atoms with Crippen molar-refractivity contribution >= 4 is 11.9 Å². The van der Waals surface area contributed by atoms with Gasteiger partial charge in [0.1, 0.15) is 11.5 Å². The normalized spacial score (nSPS) is 26.8. The van der Waals surface area contributed by atoms with Crippen LogP contribution >= 0.6 is 0 Å². The van der Waals surface area contributed by atoms with E-state index in [1.807, 2.05) is 13.0 Å². The van der Waals surface area contributed by atoms with Gasteiger partial charge in [0.05, 0.1) is 11.0 Å². The van der Waals surface area contributed by atoms with Crippen molar-refractivity contribution in [2.75, 3.05) is 13.6 Å². The zero-order valence-corrected chi connectivity index (χ0v) is 28.8. The predicted octanol–water partition coefficient (Wildman–Crippen LogP) is 7.79. The van der Waals surface area contributed by atoms with Gasteiger partial charge in [0.2, 0.25) is 0 Å². The van der Waals surface area contributed by atoms with Crippen LogP contribution in [0.25, 0.3) is 0 Å². The molecule has 0 aromatic heterocycles. The number of ether oxygens (including phenoxy) is 3. The molecule has 46 heavy (non-hydrogen) atoms. The molecular weight excluding hydrogens is 578 g/mol. The van der Waals surface area contributed by atoms with E-state index < -0.39 is 29.2 Å². The van der Waals surface area contributed by atoms with Gasteiger partial charge in [-0.3, -0.25) is 4.79 Å². The van der Waals surface area contributed by atoms with Crippen LogP contribution in [0.2, 0.25) is 0 Å². The van der Waals surface area contributed by atoms with E-state index in [-0.39, 0.29) is 12.0 Å². The second-order valence-corrected chi connectivity index (χ2v) is 14.3. The molecule has 4 aliphatic rings. The molecule has 7 heteroatoms. The molecular formula is C39H57NO6. The topological polar surface area (TPSA) is 85.3 Å². The molecule has 2 aliphatic heterocycles. The smallest absolute Gasteiger partial charge is 0.352 e. The molecule has 2 heterocycles. The minimum atomic E-state index is -1.02. The first-order valence-corrected chi connectivity index (χ1v) is 18.2. The number of piperidine rings is 1. The van der Waals surface area contributed by atoms with Crippen LogP contribution in [0.4, 0.5) is 0 Å². The number of carbonyl (C=O) groups excluding carboxylic acids is 2. The van der Waals surface area contributed by atoms with Gasteiger partial charge in [-0.05, 0) is 89.6 Å². The Kier molecular flexibility index (Phi) is 11.7. The van der Waals surface area contributed by atoms with Gasteiger partial charge >= 0.3 is 11.9 Å². The number of aryl methyl sites for hydroxylation is 1. The Bertz CT molecular complexity index is 1290. The molecule has 254 valence electrons. The number of carbonyl (C=O) groups is 2. The molecule has 0 radical (unpaired) electrons. The summed E-state index contributed by atoms with van der Waals surface area (Å²) in [5.74, 6) is 0.250. The summed E-state index contributed by atoms with van der Waals surface area (Å²) in [7, 11) is 2.08. The Labute approximate surface area is 276 Å². The largest absolute Gasteiger partial charge is 0.481 e. The number of likely N-dealkylation sites (tertiary alicyclic amines) is 1. The minimum Gasteiger partial charge on any atom is -0.481 e. The van der Waals surface area contributed by atoms with Gasteiger partial charge in [0.25, 0.3) is 0 Å². The molecule has 1 fully saturated rings. The number of rotatable bonds is 18. The van der Waals surface area contributed by atoms with E-state index >= 15 is 0 Å². The standard InChI is InChI=1S/C39H57NO6/c1-5-6-7-8-9-10-11-12-13-14-15-16-17-18-19-20-33(41)44-29(3)37(42)45-31-23-24-39(43)32-27-30-22-21-28(2)35-34(30)38(39,36(31)46-35)25-26-40(32)4/h12-13,21-23,29,32,36,43H,5-11,14-20,24-27H2,1-4H3/b13-12-/t29-,32+,36-,38-,39+/m0/s1. The summed E-state index contributed by atoms with van der Waals surface area (Å²) in [6.45, 7) is 6.67. The van der Waals surface area contributed by atoms with E-state index in [0.717, 1.165) is 61.9 Å². The van der Waals surface area contributed by atoms with E-state index in [1.165, 1.54) is 56.9 Å². The summed E-state index contributed by atoms with van der Waals surface area (Å²) in [5, 5.41) is 12.3. The molecule has 0 saturated carbocycles. The average Bonchev–Trinajstić information content (AvgIpc) is 3.40. The molecule has 1 N–H and O–H groups in total. The van der Waals surface area contributed by atoms with Gasteiger partial charge in [0.15, 0.2) is 12.2 Å². The number of nitrogens with zero attached hydrogens (tertiary/aromatic N) is 1. The van der Waals surface area contributed by atoms with Crippen molar-refractivity contribution in [2.45, 2.75) is 159 Å². The lowest BCUT2D eigenvalue weighted by atomic mass is 9.50. The molecule has 0 amide bonds. The van der Waals surface area contributed by atoms with E-state index in [9.17, 15) is 14.7 Å². The maximum Gasteiger partial charge on any atom is 0.352 e. The summed E-state index contributed by atoms with van der Waals surface area (Å²) in [5.41, 5.74) is 1.62. The first kappa shape index (κ1) is 34.7. The zero-order chi connectivity index (χ0) is 32.7. The summed E-state index contributed by atoms with van der Waals surface area (Å²) in [6, 6.07) is 4.20. The minimum absolute atomic E-state index is 0.0431. The van der Waals surface area contributed by atoms with E-state index in [2.05, 4.69) is 43.2 Å². The summed E-state index contributed by atoms with van der Waals surface area (Å²) in [6.07, 6.45) is 22.6. The monoisotopic (exact) mass is 635 g/mol. The Morgan fingerprint density at radius 1 is 1.04 bits per heavy atom. The Morgan fingerprint density at radius 3 is 2.43 bits per heavy atom. The quantitative estimate of drug-likeness (QED) is 0.100. The molecule has 1 aromatic carbocycles. The fourth-order valence-electron chi connectivity index (χ4n) is 8.43. The third-order valence-electron chi connectivity index (χ3n) is 11.1. The highest BCUT2D eigenvalue weighted by Gasteiger charge is 2.71. The number of hydrogen-bond donors (Lipinski definition) is 1. The van der Waals surface area contributed by atoms with Crippen molar-refractivity contribution in [3.05, 3.63) is 52.8 Å². The number of unbranched alkanes of at least 4 members (excludes halogenated alkanes) is 11. The second-order valence-electron chi connectivity index (χ2n) is 14.3. The van der Waals surface area contributed by atoms with Crippen LogP contribution in [0, 0.1) is 6.92 Å². The zero-order valence-electron chi connectivity index (χ0n) is 28.8. The highest BCUT2D eigenvalue weighted by Crippen LogP contribution is 2.64. The van der Waals surface area contributed by atoms with Crippen LogP contribution in [0.3, 0.4) is 0 Å². The second kappa shape index (κ2) is 15.5. The van der Waals surface area contributed by atoms with E-state index in [4.69, 9.17) is 14.2 Å². The lowest BCUT2D eigenvalue weighted by Crippen LogP contribution is -2.74. The van der Waals surface area contributed by atoms with Crippen molar-refractivity contribution < 1.29 is 28.9 Å². The highest BCUT2D eigenvalue weighted by molar-refractivity contribution is 5.80. The van der Waals surface area contributed by atoms with Crippen LogP contribution in [0.5, 0.6) is 5.75 Å². The fourth-order valence-corrected chi connectivity index (χ4v) is 8.43. The number of aliphatic hydroxyl groups is 1. The van der Waals surface area contributed by atoms with Crippen molar-refractivity contribution in [3.8, 4) is 5.75 Å². The average molecular weight is 636 g/mol. The number of benzene rings is 1. The van der Waals surface area contributed by atoms with Crippen LogP contribution in [0.1, 0.15) is 133 Å². The number of esters is 2. The molecule has 5 atom stereocenters. The first-order chi connectivity index (χ1) is 22.2. The molecule has 7 nitrogen and oxygen atoms in total. The molecule has 2 aliphatic carbocycles. The third-order valence-corrected chi connectivity index (χ3v) is 11.1. The summed E-state index contributed by atoms with van der Waals surface area (Å²) < 4.78 is 18.0. The Hall–Kier alpha value is -2.64. The van der Waals surface area contributed by atoms with Gasteiger partial charge in [-0.2, -0.15) is 0 Å². The highest BCUT2D eigenvalue weighted by atomic mass is 16.6. The van der Waals surface area contributed by atoms with Crippen molar-refractivity contribution in [3.63, 3.8) is 0 Å². The molecule has 1 aromatic rings. The maximum atomic E-state index is 13.2. The van der Waals surface area contributed by atoms with Gasteiger partial charge in [-0.15, -0.1) is 0 Å². The Morgan fingerprint density at radius 2 is 1.72 bits per heavy atom. The lowest BCUT2D eigenvalue weighted by Gasteiger charge is -2.61. The van der Waals surface area contributed by atoms with Crippen LogP contribution < -0.4 is 4.74 Å². The predicted molar refractivity (Wildman–Crippen MR) is 181 cm³/mol.